The summed E-state index contributed by atoms with van der Waals surface area (Å²) >= 11 is 0. The molecule has 0 bridgehead atoms. The van der Waals surface area contributed by atoms with E-state index in [1.54, 1.807) is 39.0 Å². The molecule has 10 nitrogen and oxygen atoms in total. The van der Waals surface area contributed by atoms with Gasteiger partial charge in [0.2, 0.25) is 0 Å². The SMILES string of the molecule is CC(O)CNCc1ccc(-c2nnc(-c3nc(-c4ccc(S(=O)(=O)C(C)C)cc4)cnc3N)o2)c(F)c1. The largest absolute Gasteiger partial charge is 0.414 e. The number of hydrogen-bond donors (Lipinski definition) is 3. The van der Waals surface area contributed by atoms with Crippen molar-refractivity contribution in [3.8, 4) is 34.3 Å². The molecule has 0 aliphatic heterocycles. The molecule has 1 atom stereocenters. The lowest BCUT2D eigenvalue weighted by molar-refractivity contribution is 0.191. The van der Waals surface area contributed by atoms with Gasteiger partial charge < -0.3 is 20.6 Å². The quantitative estimate of drug-likeness (QED) is 0.296. The van der Waals surface area contributed by atoms with Crippen molar-refractivity contribution >= 4 is 15.7 Å². The number of aliphatic hydroxyl groups is 1. The predicted molar refractivity (Wildman–Crippen MR) is 136 cm³/mol. The first kappa shape index (κ1) is 26.3. The summed E-state index contributed by atoms with van der Waals surface area (Å²) in [6.07, 6.45) is 0.946. The minimum absolute atomic E-state index is 0.0390. The van der Waals surface area contributed by atoms with E-state index in [0.29, 0.717) is 29.9 Å². The van der Waals surface area contributed by atoms with Crippen LogP contribution < -0.4 is 11.1 Å². The Morgan fingerprint density at radius 2 is 1.78 bits per heavy atom. The molecule has 0 aliphatic rings. The lowest BCUT2D eigenvalue weighted by Gasteiger charge is -2.09. The van der Waals surface area contributed by atoms with Gasteiger partial charge in [-0.1, -0.05) is 18.2 Å². The zero-order chi connectivity index (χ0) is 26.7. The van der Waals surface area contributed by atoms with Gasteiger partial charge in [-0.25, -0.2) is 22.8 Å². The maximum Gasteiger partial charge on any atom is 0.270 e. The maximum atomic E-state index is 14.8. The fourth-order valence-electron chi connectivity index (χ4n) is 3.48. The second-order valence-electron chi connectivity index (χ2n) is 8.81. The summed E-state index contributed by atoms with van der Waals surface area (Å²) in [5, 5.41) is 19.7. The minimum Gasteiger partial charge on any atom is -0.414 e. The van der Waals surface area contributed by atoms with Crippen molar-refractivity contribution in [3.05, 3.63) is 60.0 Å². The van der Waals surface area contributed by atoms with Crippen molar-refractivity contribution < 1.29 is 22.3 Å². The summed E-state index contributed by atoms with van der Waals surface area (Å²) in [7, 11) is -3.41. The molecule has 2 aromatic carbocycles. The van der Waals surface area contributed by atoms with E-state index in [2.05, 4.69) is 25.5 Å². The van der Waals surface area contributed by atoms with Crippen LogP contribution >= 0.6 is 0 Å². The van der Waals surface area contributed by atoms with Gasteiger partial charge >= 0.3 is 0 Å². The number of benzene rings is 2. The number of rotatable bonds is 9. The Kier molecular flexibility index (Phi) is 7.62. The van der Waals surface area contributed by atoms with E-state index in [1.807, 2.05) is 0 Å². The fourth-order valence-corrected chi connectivity index (χ4v) is 4.54. The van der Waals surface area contributed by atoms with Gasteiger partial charge in [0.1, 0.15) is 5.82 Å². The molecule has 1 unspecified atom stereocenters. The Bertz CT molecular complexity index is 1500. The number of nitrogens with zero attached hydrogens (tertiary/aromatic N) is 4. The average Bonchev–Trinajstić information content (AvgIpc) is 3.34. The lowest BCUT2D eigenvalue weighted by Crippen LogP contribution is -2.23. The second kappa shape index (κ2) is 10.7. The van der Waals surface area contributed by atoms with Gasteiger partial charge in [-0.3, -0.25) is 0 Å². The Labute approximate surface area is 213 Å². The zero-order valence-electron chi connectivity index (χ0n) is 20.5. The molecule has 0 aliphatic carbocycles. The molecule has 37 heavy (non-hydrogen) atoms. The molecule has 4 N–H and O–H groups in total. The molecule has 0 saturated heterocycles. The normalized spacial score (nSPS) is 12.7. The van der Waals surface area contributed by atoms with Gasteiger partial charge in [-0.05, 0) is 50.6 Å². The van der Waals surface area contributed by atoms with Crippen LogP contribution in [0, 0.1) is 5.82 Å². The number of aromatic nitrogens is 4. The van der Waals surface area contributed by atoms with Crippen LogP contribution in [0.15, 0.2) is 58.0 Å². The maximum absolute atomic E-state index is 14.8. The number of halogens is 1. The molecular formula is C25H27FN6O4S. The van der Waals surface area contributed by atoms with Crippen LogP contribution in [0.2, 0.25) is 0 Å². The third-order valence-corrected chi connectivity index (χ3v) is 7.73. The Hall–Kier alpha value is -3.74. The number of nitrogens with two attached hydrogens (primary N) is 1. The van der Waals surface area contributed by atoms with E-state index < -0.39 is 27.0 Å². The summed E-state index contributed by atoms with van der Waals surface area (Å²) in [5.74, 6) is -0.595. The molecular weight excluding hydrogens is 499 g/mol. The number of anilines is 1. The molecule has 0 fully saturated rings. The van der Waals surface area contributed by atoms with Gasteiger partial charge in [-0.15, -0.1) is 10.2 Å². The summed E-state index contributed by atoms with van der Waals surface area (Å²) in [5.41, 5.74) is 7.95. The Balaban J connectivity index is 1.58. The van der Waals surface area contributed by atoms with Crippen LogP contribution in [-0.4, -0.2) is 51.6 Å². The molecule has 194 valence electrons. The predicted octanol–water partition coefficient (Wildman–Crippen LogP) is 3.23. The summed E-state index contributed by atoms with van der Waals surface area (Å²) in [6.45, 7) is 5.68. The molecule has 2 heterocycles. The molecule has 0 amide bonds. The zero-order valence-corrected chi connectivity index (χ0v) is 21.3. The van der Waals surface area contributed by atoms with E-state index in [0.717, 1.165) is 0 Å². The van der Waals surface area contributed by atoms with Crippen LogP contribution in [-0.2, 0) is 16.4 Å². The number of nitrogen functional groups attached to an aromatic ring is 1. The summed E-state index contributed by atoms with van der Waals surface area (Å²) in [4.78, 5) is 8.84. The minimum atomic E-state index is -3.41. The molecule has 0 spiro atoms. The number of sulfone groups is 1. The monoisotopic (exact) mass is 526 g/mol. The highest BCUT2D eigenvalue weighted by Crippen LogP contribution is 2.30. The first-order chi connectivity index (χ1) is 17.6. The van der Waals surface area contributed by atoms with Crippen LogP contribution in [0.1, 0.15) is 26.3 Å². The smallest absolute Gasteiger partial charge is 0.270 e. The Morgan fingerprint density at radius 3 is 2.43 bits per heavy atom. The molecule has 4 aromatic rings. The van der Waals surface area contributed by atoms with Gasteiger partial charge in [0.05, 0.1) is 33.7 Å². The van der Waals surface area contributed by atoms with Gasteiger partial charge in [0.15, 0.2) is 21.3 Å². The molecule has 0 radical (unpaired) electrons. The van der Waals surface area contributed by atoms with Crippen molar-refractivity contribution in [2.45, 2.75) is 43.6 Å². The fraction of sp³-hybridized carbons (Fsp3) is 0.280. The summed E-state index contributed by atoms with van der Waals surface area (Å²) in [6, 6.07) is 10.9. The van der Waals surface area contributed by atoms with E-state index in [4.69, 9.17) is 10.2 Å². The summed E-state index contributed by atoms with van der Waals surface area (Å²) < 4.78 is 45.2. The van der Waals surface area contributed by atoms with E-state index in [-0.39, 0.29) is 33.8 Å². The van der Waals surface area contributed by atoms with Crippen molar-refractivity contribution in [3.63, 3.8) is 0 Å². The lowest BCUT2D eigenvalue weighted by atomic mass is 10.1. The average molecular weight is 527 g/mol. The molecule has 4 rings (SSSR count). The highest BCUT2D eigenvalue weighted by molar-refractivity contribution is 7.92. The van der Waals surface area contributed by atoms with Gasteiger partial charge in [-0.2, -0.15) is 0 Å². The van der Waals surface area contributed by atoms with Crippen LogP contribution in [0.4, 0.5) is 10.2 Å². The standard InChI is InChI=1S/C25H27FN6O4S/c1-14(2)37(34,35)18-7-5-17(6-8-18)21-13-29-23(27)22(30-21)25-32-31-24(36-25)19-9-4-16(10-20(19)26)12-28-11-15(3)33/h4-10,13-15,28,33H,11-12H2,1-3H3,(H2,27,29). The van der Waals surface area contributed by atoms with E-state index in [9.17, 15) is 17.9 Å². The van der Waals surface area contributed by atoms with Crippen LogP contribution in [0.5, 0.6) is 0 Å². The molecule has 0 saturated carbocycles. The first-order valence-electron chi connectivity index (χ1n) is 11.5. The van der Waals surface area contributed by atoms with Crippen molar-refractivity contribution in [2.24, 2.45) is 0 Å². The molecule has 12 heteroatoms. The van der Waals surface area contributed by atoms with E-state index in [1.165, 1.54) is 30.5 Å². The van der Waals surface area contributed by atoms with Gasteiger partial charge in [0.25, 0.3) is 11.8 Å². The van der Waals surface area contributed by atoms with Crippen molar-refractivity contribution in [1.29, 1.82) is 0 Å². The highest BCUT2D eigenvalue weighted by Gasteiger charge is 2.21. The number of hydrogen-bond acceptors (Lipinski definition) is 10. The Morgan fingerprint density at radius 1 is 1.08 bits per heavy atom. The third-order valence-electron chi connectivity index (χ3n) is 5.56. The van der Waals surface area contributed by atoms with Crippen LogP contribution in [0.25, 0.3) is 34.3 Å². The van der Waals surface area contributed by atoms with Crippen LogP contribution in [0.3, 0.4) is 0 Å². The van der Waals surface area contributed by atoms with Crippen molar-refractivity contribution in [1.82, 2.24) is 25.5 Å². The van der Waals surface area contributed by atoms with E-state index >= 15 is 0 Å². The van der Waals surface area contributed by atoms with Gasteiger partial charge in [0, 0.05) is 18.7 Å². The first-order valence-corrected chi connectivity index (χ1v) is 13.1. The number of aliphatic hydroxyl groups excluding tert-OH is 1. The third kappa shape index (κ3) is 5.82. The second-order valence-corrected chi connectivity index (χ2v) is 11.3. The highest BCUT2D eigenvalue weighted by atomic mass is 32.2. The van der Waals surface area contributed by atoms with Crippen molar-refractivity contribution in [2.75, 3.05) is 12.3 Å². The topological polar surface area (TPSA) is 157 Å². The number of nitrogens with one attached hydrogen (secondary N) is 1. The molecule has 2 aromatic heterocycles.